The Morgan fingerprint density at radius 2 is 2.22 bits per heavy atom. The molecule has 9 heteroatoms. The smallest absolute Gasteiger partial charge is 0.155 e. The zero-order valence-electron chi connectivity index (χ0n) is 16.6. The molecule has 0 bridgehead atoms. The van der Waals surface area contributed by atoms with E-state index < -0.39 is 9.84 Å². The standard InChI is InChI=1S/C18H31ClN4O3S/c1-13(2)10-22-5-6-26-16(11-22)8-20-9-17-14(3)21-23(18(17)19)15-4-7-27(24,25)12-15/h13,15-16,20H,4-12H2,1-3H3/p+2/t15-,16+/m1/s1. The number of halogens is 1. The Bertz CT molecular complexity index is 750. The summed E-state index contributed by atoms with van der Waals surface area (Å²) < 4.78 is 31.1. The van der Waals surface area contributed by atoms with Crippen LogP contribution in [-0.2, 0) is 21.1 Å². The average molecular weight is 421 g/mol. The quantitative estimate of drug-likeness (QED) is 0.605. The number of nitrogens with two attached hydrogens (primary N) is 1. The van der Waals surface area contributed by atoms with Crippen LogP contribution in [0.1, 0.15) is 37.6 Å². The number of nitrogens with one attached hydrogen (secondary N) is 1. The average Bonchev–Trinajstić information content (AvgIpc) is 3.08. The van der Waals surface area contributed by atoms with Crippen LogP contribution < -0.4 is 10.2 Å². The second kappa shape index (κ2) is 8.78. The maximum atomic E-state index is 11.8. The molecule has 3 N–H and O–H groups in total. The van der Waals surface area contributed by atoms with Gasteiger partial charge in [0.25, 0.3) is 0 Å². The molecule has 0 amide bonds. The molecule has 1 aromatic heterocycles. The van der Waals surface area contributed by atoms with E-state index in [9.17, 15) is 8.42 Å². The van der Waals surface area contributed by atoms with Crippen molar-refractivity contribution in [1.29, 1.82) is 0 Å². The number of aryl methyl sites for hydroxylation is 1. The minimum absolute atomic E-state index is 0.134. The van der Waals surface area contributed by atoms with E-state index in [1.807, 2.05) is 6.92 Å². The number of rotatable bonds is 7. The summed E-state index contributed by atoms with van der Waals surface area (Å²) >= 11 is 6.56. The molecule has 2 aliphatic rings. The second-order valence-corrected chi connectivity index (χ2v) is 11.0. The first-order chi connectivity index (χ1) is 12.7. The van der Waals surface area contributed by atoms with Gasteiger partial charge in [0.05, 0.1) is 42.0 Å². The van der Waals surface area contributed by atoms with Crippen LogP contribution >= 0.6 is 11.6 Å². The normalized spacial score (nSPS) is 28.1. The number of quaternary nitrogens is 2. The van der Waals surface area contributed by atoms with Crippen molar-refractivity contribution < 1.29 is 23.4 Å². The Morgan fingerprint density at radius 1 is 1.44 bits per heavy atom. The van der Waals surface area contributed by atoms with Crippen molar-refractivity contribution in [2.24, 2.45) is 5.92 Å². The maximum absolute atomic E-state index is 11.8. The van der Waals surface area contributed by atoms with Crippen molar-refractivity contribution in [2.45, 2.75) is 45.9 Å². The van der Waals surface area contributed by atoms with Crippen molar-refractivity contribution in [3.05, 3.63) is 16.4 Å². The molecule has 7 nitrogen and oxygen atoms in total. The number of hydrogen-bond donors (Lipinski definition) is 2. The van der Waals surface area contributed by atoms with Gasteiger partial charge in [-0.1, -0.05) is 25.4 Å². The monoisotopic (exact) mass is 420 g/mol. The molecule has 0 radical (unpaired) electrons. The SMILES string of the molecule is Cc1nn([C@@H]2CCS(=O)(=O)C2)c(Cl)c1C[NH2+]C[C@H]1C[NH+](CC(C)C)CCO1. The van der Waals surface area contributed by atoms with E-state index >= 15 is 0 Å². The van der Waals surface area contributed by atoms with E-state index in [0.717, 1.165) is 44.0 Å². The summed E-state index contributed by atoms with van der Waals surface area (Å²) in [4.78, 5) is 1.62. The maximum Gasteiger partial charge on any atom is 0.155 e. The van der Waals surface area contributed by atoms with E-state index in [1.54, 1.807) is 9.58 Å². The van der Waals surface area contributed by atoms with Gasteiger partial charge >= 0.3 is 0 Å². The summed E-state index contributed by atoms with van der Waals surface area (Å²) in [5.74, 6) is 1.07. The fraction of sp³-hybridized carbons (Fsp3) is 0.833. The molecule has 27 heavy (non-hydrogen) atoms. The molecule has 0 aliphatic carbocycles. The van der Waals surface area contributed by atoms with Crippen molar-refractivity contribution in [2.75, 3.05) is 44.3 Å². The summed E-state index contributed by atoms with van der Waals surface area (Å²) in [6.07, 6.45) is 0.859. The molecule has 3 atom stereocenters. The molecule has 0 saturated carbocycles. The molecule has 2 aliphatic heterocycles. The highest BCUT2D eigenvalue weighted by Gasteiger charge is 2.32. The molecule has 2 saturated heterocycles. The van der Waals surface area contributed by atoms with Crippen LogP contribution in [0.3, 0.4) is 0 Å². The van der Waals surface area contributed by atoms with Crippen LogP contribution in [0.4, 0.5) is 0 Å². The van der Waals surface area contributed by atoms with Crippen LogP contribution in [0.2, 0.25) is 5.15 Å². The van der Waals surface area contributed by atoms with Gasteiger partial charge in [0.2, 0.25) is 0 Å². The zero-order valence-corrected chi connectivity index (χ0v) is 18.2. The van der Waals surface area contributed by atoms with E-state index in [1.165, 1.54) is 6.54 Å². The third-order valence-corrected chi connectivity index (χ3v) is 7.65. The first-order valence-electron chi connectivity index (χ1n) is 9.96. The van der Waals surface area contributed by atoms with Gasteiger partial charge in [-0.25, -0.2) is 13.1 Å². The highest BCUT2D eigenvalue weighted by atomic mass is 35.5. The summed E-state index contributed by atoms with van der Waals surface area (Å²) in [5, 5.41) is 7.35. The van der Waals surface area contributed by atoms with Crippen LogP contribution in [0.5, 0.6) is 0 Å². The highest BCUT2D eigenvalue weighted by molar-refractivity contribution is 7.91. The third kappa shape index (κ3) is 5.44. The van der Waals surface area contributed by atoms with Crippen molar-refractivity contribution >= 4 is 21.4 Å². The fourth-order valence-corrected chi connectivity index (χ4v) is 6.26. The summed E-state index contributed by atoms with van der Waals surface area (Å²) in [6, 6.07) is -0.134. The first kappa shape index (κ1) is 21.0. The van der Waals surface area contributed by atoms with Gasteiger partial charge in [-0.05, 0) is 13.3 Å². The van der Waals surface area contributed by atoms with E-state index in [0.29, 0.717) is 17.5 Å². The summed E-state index contributed by atoms with van der Waals surface area (Å²) in [7, 11) is -2.96. The largest absolute Gasteiger partial charge is 0.361 e. The number of morpholine rings is 1. The van der Waals surface area contributed by atoms with Gasteiger partial charge in [0.1, 0.15) is 31.3 Å². The van der Waals surface area contributed by atoms with Gasteiger partial charge in [-0.2, -0.15) is 5.10 Å². The van der Waals surface area contributed by atoms with E-state index in [2.05, 4.69) is 24.3 Å². The second-order valence-electron chi connectivity index (χ2n) is 8.38. The zero-order chi connectivity index (χ0) is 19.6. The molecule has 3 heterocycles. The van der Waals surface area contributed by atoms with Gasteiger partial charge in [0, 0.05) is 5.92 Å². The lowest BCUT2D eigenvalue weighted by Crippen LogP contribution is -3.16. The van der Waals surface area contributed by atoms with Gasteiger partial charge in [0.15, 0.2) is 15.9 Å². The van der Waals surface area contributed by atoms with Crippen LogP contribution in [0, 0.1) is 12.8 Å². The lowest BCUT2D eigenvalue weighted by Gasteiger charge is -2.30. The number of aromatic nitrogens is 2. The molecule has 2 fully saturated rings. The molecule has 0 spiro atoms. The minimum atomic E-state index is -2.96. The Kier molecular flexibility index (Phi) is 6.84. The summed E-state index contributed by atoms with van der Waals surface area (Å²) in [5.41, 5.74) is 1.89. The number of nitrogens with zero attached hydrogens (tertiary/aromatic N) is 2. The van der Waals surface area contributed by atoms with Gasteiger partial charge in [-0.3, -0.25) is 0 Å². The van der Waals surface area contributed by atoms with Crippen LogP contribution in [0.25, 0.3) is 0 Å². The van der Waals surface area contributed by atoms with Crippen molar-refractivity contribution in [3.8, 4) is 0 Å². The highest BCUT2D eigenvalue weighted by Crippen LogP contribution is 2.29. The Balaban J connectivity index is 1.54. The van der Waals surface area contributed by atoms with Crippen molar-refractivity contribution in [3.63, 3.8) is 0 Å². The lowest BCUT2D eigenvalue weighted by atomic mass is 10.1. The van der Waals surface area contributed by atoms with Gasteiger partial charge < -0.3 is 15.0 Å². The van der Waals surface area contributed by atoms with Crippen LogP contribution in [-0.4, -0.2) is 68.6 Å². The number of hydrogen-bond acceptors (Lipinski definition) is 4. The molecular weight excluding hydrogens is 388 g/mol. The topological polar surface area (TPSA) is 82.2 Å². The third-order valence-electron chi connectivity index (χ3n) is 5.50. The van der Waals surface area contributed by atoms with E-state index in [4.69, 9.17) is 16.3 Å². The molecule has 1 unspecified atom stereocenters. The van der Waals surface area contributed by atoms with Crippen molar-refractivity contribution in [1.82, 2.24) is 9.78 Å². The first-order valence-corrected chi connectivity index (χ1v) is 12.2. The Hall–Kier alpha value is -0.670. The Morgan fingerprint density at radius 3 is 2.89 bits per heavy atom. The van der Waals surface area contributed by atoms with E-state index in [-0.39, 0.29) is 23.7 Å². The summed E-state index contributed by atoms with van der Waals surface area (Å²) in [6.45, 7) is 12.3. The molecule has 0 aromatic carbocycles. The Labute approximate surface area is 167 Å². The predicted octanol–water partition coefficient (Wildman–Crippen LogP) is -0.792. The molecular formula is C18H33ClN4O3S+2. The molecule has 3 rings (SSSR count). The minimum Gasteiger partial charge on any atom is -0.361 e. The number of sulfone groups is 1. The predicted molar refractivity (Wildman–Crippen MR) is 105 cm³/mol. The van der Waals surface area contributed by atoms with Gasteiger partial charge in [-0.15, -0.1) is 0 Å². The molecule has 154 valence electrons. The fourth-order valence-electron chi connectivity index (χ4n) is 4.18. The molecule has 1 aromatic rings. The van der Waals surface area contributed by atoms with Crippen LogP contribution in [0.15, 0.2) is 0 Å². The number of ether oxygens (including phenoxy) is 1. The lowest BCUT2D eigenvalue weighted by molar-refractivity contribution is -0.917.